The molecule has 0 spiro atoms. The number of nitrogens with zero attached hydrogens (tertiary/aromatic N) is 7. The first-order chi connectivity index (χ1) is 18.7. The third-order valence-electron chi connectivity index (χ3n) is 7.79. The van der Waals surface area contributed by atoms with E-state index in [-0.39, 0.29) is 0 Å². The van der Waals surface area contributed by atoms with Crippen LogP contribution >= 0.6 is 0 Å². The fraction of sp³-hybridized carbons (Fsp3) is 0.414. The lowest BCUT2D eigenvalue weighted by atomic mass is 9.89. The van der Waals surface area contributed by atoms with Crippen molar-refractivity contribution >= 4 is 11.6 Å². The van der Waals surface area contributed by atoms with Gasteiger partial charge in [0.1, 0.15) is 0 Å². The van der Waals surface area contributed by atoms with Crippen LogP contribution in [0.4, 0.5) is 11.6 Å². The summed E-state index contributed by atoms with van der Waals surface area (Å²) in [5.41, 5.74) is 4.34. The zero-order valence-corrected chi connectivity index (χ0v) is 21.9. The van der Waals surface area contributed by atoms with Gasteiger partial charge in [-0.1, -0.05) is 43.2 Å². The Morgan fingerprint density at radius 2 is 1.66 bits per heavy atom. The standard InChI is InChI=1S/C29H35N9/c1-37-28(34-35-36-37)22-13-15-24(16-14-22)38-19-7-10-23(20-38)31-26-11-5-6-12-27(26)33-29-30-18-17-25(32-29)21-8-3-2-4-9-21/h2-4,8-9,13-18,23,26-27,31H,5-7,10-12,19-20H2,1H3,(H,30,32,33)/t23-,26+,27+/m0/s1. The van der Waals surface area contributed by atoms with Gasteiger partial charge in [-0.15, -0.1) is 5.10 Å². The zero-order valence-electron chi connectivity index (χ0n) is 21.9. The molecule has 1 aliphatic carbocycles. The first kappa shape index (κ1) is 24.5. The SMILES string of the molecule is Cn1nnnc1-c1ccc(N2CCC[C@H](N[C@@H]3CCCC[C@H]3Nc3nccc(-c4ccccc4)n3)C2)cc1. The Balaban J connectivity index is 1.10. The molecule has 4 aromatic rings. The monoisotopic (exact) mass is 509 g/mol. The number of piperidine rings is 1. The third-order valence-corrected chi connectivity index (χ3v) is 7.79. The van der Waals surface area contributed by atoms with Crippen molar-refractivity contribution in [3.63, 3.8) is 0 Å². The summed E-state index contributed by atoms with van der Waals surface area (Å²) in [4.78, 5) is 11.9. The number of aromatic nitrogens is 6. The average Bonchev–Trinajstić information content (AvgIpc) is 3.41. The largest absolute Gasteiger partial charge is 0.370 e. The molecule has 0 amide bonds. The van der Waals surface area contributed by atoms with Crippen LogP contribution in [0.1, 0.15) is 38.5 Å². The van der Waals surface area contributed by atoms with E-state index in [9.17, 15) is 0 Å². The van der Waals surface area contributed by atoms with E-state index in [4.69, 9.17) is 4.98 Å². The number of rotatable bonds is 7. The molecular formula is C29H35N9. The molecule has 38 heavy (non-hydrogen) atoms. The van der Waals surface area contributed by atoms with Crippen LogP contribution in [-0.4, -0.2) is 61.4 Å². The lowest BCUT2D eigenvalue weighted by Crippen LogP contribution is -2.55. The van der Waals surface area contributed by atoms with E-state index in [2.05, 4.69) is 72.4 Å². The zero-order chi connectivity index (χ0) is 25.7. The van der Waals surface area contributed by atoms with Crippen LogP contribution < -0.4 is 15.5 Å². The molecule has 2 aromatic heterocycles. The van der Waals surface area contributed by atoms with E-state index >= 15 is 0 Å². The Morgan fingerprint density at radius 1 is 0.842 bits per heavy atom. The normalized spacial score (nSPS) is 21.8. The number of hydrogen-bond donors (Lipinski definition) is 2. The quantitative estimate of drug-likeness (QED) is 0.380. The number of benzene rings is 2. The van der Waals surface area contributed by atoms with Gasteiger partial charge in [0.05, 0.1) is 5.69 Å². The first-order valence-corrected chi connectivity index (χ1v) is 13.7. The van der Waals surface area contributed by atoms with Gasteiger partial charge in [-0.25, -0.2) is 14.6 Å². The van der Waals surface area contributed by atoms with Crippen LogP contribution in [0.3, 0.4) is 0 Å². The molecule has 196 valence electrons. The van der Waals surface area contributed by atoms with Crippen LogP contribution in [0.2, 0.25) is 0 Å². The van der Waals surface area contributed by atoms with Gasteiger partial charge in [0.15, 0.2) is 5.82 Å². The van der Waals surface area contributed by atoms with E-state index in [1.807, 2.05) is 37.5 Å². The molecule has 3 heterocycles. The van der Waals surface area contributed by atoms with E-state index in [1.165, 1.54) is 37.8 Å². The molecule has 9 nitrogen and oxygen atoms in total. The fourth-order valence-corrected chi connectivity index (χ4v) is 5.81. The highest BCUT2D eigenvalue weighted by atomic mass is 15.5. The van der Waals surface area contributed by atoms with Gasteiger partial charge < -0.3 is 15.5 Å². The van der Waals surface area contributed by atoms with Crippen molar-refractivity contribution in [2.75, 3.05) is 23.3 Å². The van der Waals surface area contributed by atoms with Crippen molar-refractivity contribution in [1.82, 2.24) is 35.5 Å². The molecule has 2 N–H and O–H groups in total. The van der Waals surface area contributed by atoms with Crippen molar-refractivity contribution in [2.24, 2.45) is 7.05 Å². The Labute approximate surface area is 223 Å². The van der Waals surface area contributed by atoms with Crippen LogP contribution in [0.5, 0.6) is 0 Å². The number of aryl methyl sites for hydroxylation is 1. The number of tetrazole rings is 1. The van der Waals surface area contributed by atoms with Crippen LogP contribution in [-0.2, 0) is 7.05 Å². The van der Waals surface area contributed by atoms with E-state index in [0.29, 0.717) is 24.1 Å². The lowest BCUT2D eigenvalue weighted by molar-refractivity contribution is 0.293. The minimum Gasteiger partial charge on any atom is -0.370 e. The predicted octanol–water partition coefficient (Wildman–Crippen LogP) is 4.32. The van der Waals surface area contributed by atoms with Crippen molar-refractivity contribution < 1.29 is 0 Å². The minimum absolute atomic E-state index is 0.324. The van der Waals surface area contributed by atoms with Gasteiger partial charge in [-0.2, -0.15) is 0 Å². The third kappa shape index (κ3) is 5.52. The fourth-order valence-electron chi connectivity index (χ4n) is 5.81. The summed E-state index contributed by atoms with van der Waals surface area (Å²) in [6, 6.07) is 22.1. The highest BCUT2D eigenvalue weighted by molar-refractivity contribution is 5.61. The summed E-state index contributed by atoms with van der Waals surface area (Å²) in [5.74, 6) is 1.50. The molecule has 9 heteroatoms. The second-order valence-corrected chi connectivity index (χ2v) is 10.4. The maximum Gasteiger partial charge on any atom is 0.223 e. The van der Waals surface area contributed by atoms with E-state index in [1.54, 1.807) is 4.68 Å². The van der Waals surface area contributed by atoms with Crippen LogP contribution in [0.15, 0.2) is 66.9 Å². The van der Waals surface area contributed by atoms with E-state index in [0.717, 1.165) is 42.2 Å². The molecule has 2 fully saturated rings. The minimum atomic E-state index is 0.324. The Hall–Kier alpha value is -3.85. The molecule has 1 saturated carbocycles. The summed E-state index contributed by atoms with van der Waals surface area (Å²) < 4.78 is 1.70. The second kappa shape index (κ2) is 11.3. The predicted molar refractivity (Wildman–Crippen MR) is 150 cm³/mol. The molecule has 0 radical (unpaired) electrons. The highest BCUT2D eigenvalue weighted by Crippen LogP contribution is 2.27. The van der Waals surface area contributed by atoms with Crippen molar-refractivity contribution in [2.45, 2.75) is 56.7 Å². The lowest BCUT2D eigenvalue weighted by Gasteiger charge is -2.40. The first-order valence-electron chi connectivity index (χ1n) is 13.7. The summed E-state index contributed by atoms with van der Waals surface area (Å²) in [6.45, 7) is 2.09. The number of hydrogen-bond acceptors (Lipinski definition) is 8. The van der Waals surface area contributed by atoms with Gasteiger partial charge in [-0.3, -0.25) is 0 Å². The van der Waals surface area contributed by atoms with Gasteiger partial charge in [0, 0.05) is 61.3 Å². The van der Waals surface area contributed by atoms with Crippen molar-refractivity contribution in [1.29, 1.82) is 0 Å². The smallest absolute Gasteiger partial charge is 0.223 e. The van der Waals surface area contributed by atoms with Gasteiger partial charge >= 0.3 is 0 Å². The number of anilines is 2. The molecule has 0 bridgehead atoms. The van der Waals surface area contributed by atoms with Gasteiger partial charge in [-0.05, 0) is 66.4 Å². The molecule has 0 unspecified atom stereocenters. The molecule has 1 saturated heterocycles. The maximum absolute atomic E-state index is 4.83. The Kier molecular flexibility index (Phi) is 7.26. The summed E-state index contributed by atoms with van der Waals surface area (Å²) >= 11 is 0. The van der Waals surface area contributed by atoms with Gasteiger partial charge in [0.2, 0.25) is 5.95 Å². The maximum atomic E-state index is 4.83. The topological polar surface area (TPSA) is 96.7 Å². The molecular weight excluding hydrogens is 474 g/mol. The highest BCUT2D eigenvalue weighted by Gasteiger charge is 2.30. The number of nitrogens with one attached hydrogen (secondary N) is 2. The molecule has 2 aliphatic rings. The molecule has 2 aromatic carbocycles. The Morgan fingerprint density at radius 3 is 2.45 bits per heavy atom. The summed E-state index contributed by atoms with van der Waals surface area (Å²) in [7, 11) is 1.86. The van der Waals surface area contributed by atoms with Crippen molar-refractivity contribution in [3.05, 3.63) is 66.9 Å². The van der Waals surface area contributed by atoms with Crippen LogP contribution in [0, 0.1) is 0 Å². The molecule has 3 atom stereocenters. The van der Waals surface area contributed by atoms with E-state index < -0.39 is 0 Å². The van der Waals surface area contributed by atoms with Crippen LogP contribution in [0.25, 0.3) is 22.6 Å². The summed E-state index contributed by atoms with van der Waals surface area (Å²) in [6.07, 6.45) is 9.03. The average molecular weight is 510 g/mol. The Bertz CT molecular complexity index is 1320. The summed E-state index contributed by atoms with van der Waals surface area (Å²) in [5, 5.41) is 19.5. The second-order valence-electron chi connectivity index (χ2n) is 10.4. The molecule has 1 aliphatic heterocycles. The van der Waals surface area contributed by atoms with Crippen molar-refractivity contribution in [3.8, 4) is 22.6 Å². The van der Waals surface area contributed by atoms with Gasteiger partial charge in [0.25, 0.3) is 0 Å². The molecule has 6 rings (SSSR count).